The Bertz CT molecular complexity index is 1210. The topological polar surface area (TPSA) is 82.9 Å². The van der Waals surface area contributed by atoms with Crippen LogP contribution in [0, 0.1) is 0 Å². The Hall–Kier alpha value is -2.52. The van der Waals surface area contributed by atoms with E-state index in [4.69, 9.17) is 4.42 Å². The molecule has 0 bridgehead atoms. The zero-order valence-electron chi connectivity index (χ0n) is 17.6. The zero-order valence-corrected chi connectivity index (χ0v) is 18.4. The number of likely N-dealkylation sites (N-methyl/N-ethyl adjacent to an activating group) is 1. The van der Waals surface area contributed by atoms with Gasteiger partial charge in [-0.2, -0.15) is 0 Å². The molecule has 0 spiro atoms. The van der Waals surface area contributed by atoms with E-state index >= 15 is 0 Å². The van der Waals surface area contributed by atoms with Crippen molar-refractivity contribution in [2.24, 2.45) is 0 Å². The number of hydrogen-bond donors (Lipinski definition) is 1. The summed E-state index contributed by atoms with van der Waals surface area (Å²) in [6.07, 6.45) is 0. The number of piperazine rings is 1. The maximum Gasteiger partial charge on any atom is 0.336 e. The molecule has 0 atom stereocenters. The van der Waals surface area contributed by atoms with Crippen LogP contribution in [0.3, 0.4) is 0 Å². The van der Waals surface area contributed by atoms with Crippen LogP contribution in [0.1, 0.15) is 18.1 Å². The third kappa shape index (κ3) is 5.22. The summed E-state index contributed by atoms with van der Waals surface area (Å²) in [5.41, 5.74) is 2.00. The lowest BCUT2D eigenvalue weighted by Crippen LogP contribution is -2.45. The number of nitrogens with zero attached hydrogens (tertiary/aromatic N) is 2. The van der Waals surface area contributed by atoms with Crippen LogP contribution in [0.4, 0.5) is 0 Å². The Kier molecular flexibility index (Phi) is 6.52. The van der Waals surface area contributed by atoms with Crippen molar-refractivity contribution in [3.05, 3.63) is 76.1 Å². The van der Waals surface area contributed by atoms with E-state index < -0.39 is 15.6 Å². The van der Waals surface area contributed by atoms with Crippen LogP contribution in [-0.4, -0.2) is 50.9 Å². The van der Waals surface area contributed by atoms with Crippen molar-refractivity contribution in [2.45, 2.75) is 24.9 Å². The quantitative estimate of drug-likeness (QED) is 0.567. The van der Waals surface area contributed by atoms with E-state index in [2.05, 4.69) is 27.5 Å². The Morgan fingerprint density at radius 1 is 0.935 bits per heavy atom. The normalized spacial score (nSPS) is 16.0. The summed E-state index contributed by atoms with van der Waals surface area (Å²) >= 11 is 0. The standard InChI is InChI=1S/C23H27N3O4S/c1-2-25-11-13-26(14-12-25)17-20-6-4-3-5-19(20)16-24-31(28,29)21-8-9-22-18(15-21)7-10-23(27)30-22/h3-10,15,24H,2,11-14,16-17H2,1H3. The van der Waals surface area contributed by atoms with Crippen LogP contribution in [0.25, 0.3) is 11.0 Å². The second kappa shape index (κ2) is 9.32. The average Bonchev–Trinajstić information content (AvgIpc) is 2.78. The Morgan fingerprint density at radius 2 is 1.65 bits per heavy atom. The van der Waals surface area contributed by atoms with Crippen molar-refractivity contribution >= 4 is 21.0 Å². The SMILES string of the molecule is CCN1CCN(Cc2ccccc2CNS(=O)(=O)c2ccc3oc(=O)ccc3c2)CC1. The Morgan fingerprint density at radius 3 is 2.39 bits per heavy atom. The molecule has 1 aliphatic rings. The van der Waals surface area contributed by atoms with E-state index in [1.54, 1.807) is 6.07 Å². The third-order valence-electron chi connectivity index (χ3n) is 5.78. The highest BCUT2D eigenvalue weighted by Crippen LogP contribution is 2.19. The smallest absolute Gasteiger partial charge is 0.336 e. The predicted octanol–water partition coefficient (Wildman–Crippen LogP) is 2.41. The highest BCUT2D eigenvalue weighted by atomic mass is 32.2. The van der Waals surface area contributed by atoms with Gasteiger partial charge in [-0.05, 0) is 41.9 Å². The lowest BCUT2D eigenvalue weighted by atomic mass is 10.1. The van der Waals surface area contributed by atoms with Gasteiger partial charge in [0, 0.05) is 50.7 Å². The molecule has 1 fully saturated rings. The molecular weight excluding hydrogens is 414 g/mol. The summed E-state index contributed by atoms with van der Waals surface area (Å²) in [6, 6.07) is 15.3. The Balaban J connectivity index is 1.46. The molecule has 2 aromatic carbocycles. The molecule has 1 aliphatic heterocycles. The maximum absolute atomic E-state index is 12.9. The molecule has 0 unspecified atom stereocenters. The molecule has 0 saturated carbocycles. The lowest BCUT2D eigenvalue weighted by molar-refractivity contribution is 0.131. The van der Waals surface area contributed by atoms with Gasteiger partial charge in [-0.1, -0.05) is 31.2 Å². The maximum atomic E-state index is 12.9. The van der Waals surface area contributed by atoms with Crippen LogP contribution in [-0.2, 0) is 23.1 Å². The van der Waals surface area contributed by atoms with Crippen LogP contribution in [0.15, 0.2) is 68.7 Å². The fourth-order valence-electron chi connectivity index (χ4n) is 3.86. The molecule has 7 nitrogen and oxygen atoms in total. The van der Waals surface area contributed by atoms with Crippen molar-refractivity contribution in [3.63, 3.8) is 0 Å². The van der Waals surface area contributed by atoms with Gasteiger partial charge >= 0.3 is 5.63 Å². The van der Waals surface area contributed by atoms with Crippen LogP contribution in [0.5, 0.6) is 0 Å². The average molecular weight is 442 g/mol. The van der Waals surface area contributed by atoms with Crippen molar-refractivity contribution in [3.8, 4) is 0 Å². The second-order valence-corrected chi connectivity index (χ2v) is 9.52. The monoisotopic (exact) mass is 441 g/mol. The molecule has 0 aliphatic carbocycles. The van der Waals surface area contributed by atoms with Crippen LogP contribution in [0.2, 0.25) is 0 Å². The third-order valence-corrected chi connectivity index (χ3v) is 7.18. The lowest BCUT2D eigenvalue weighted by Gasteiger charge is -2.34. The van der Waals surface area contributed by atoms with Gasteiger partial charge in [0.25, 0.3) is 0 Å². The molecule has 3 aromatic rings. The molecule has 1 N–H and O–H groups in total. The number of sulfonamides is 1. The first-order chi connectivity index (χ1) is 14.9. The van der Waals surface area contributed by atoms with E-state index in [9.17, 15) is 13.2 Å². The van der Waals surface area contributed by atoms with Gasteiger partial charge in [0.1, 0.15) is 5.58 Å². The molecule has 2 heterocycles. The van der Waals surface area contributed by atoms with Crippen molar-refractivity contribution in [1.29, 1.82) is 0 Å². The summed E-state index contributed by atoms with van der Waals surface area (Å²) in [4.78, 5) is 16.3. The summed E-state index contributed by atoms with van der Waals surface area (Å²) in [7, 11) is -3.71. The molecule has 0 radical (unpaired) electrons. The number of rotatable bonds is 7. The van der Waals surface area contributed by atoms with E-state index in [-0.39, 0.29) is 11.4 Å². The van der Waals surface area contributed by atoms with Gasteiger partial charge in [-0.25, -0.2) is 17.9 Å². The van der Waals surface area contributed by atoms with Crippen LogP contribution >= 0.6 is 0 Å². The first kappa shape index (κ1) is 21.7. The van der Waals surface area contributed by atoms with Crippen LogP contribution < -0.4 is 10.3 Å². The fourth-order valence-corrected chi connectivity index (χ4v) is 4.90. The molecule has 31 heavy (non-hydrogen) atoms. The van der Waals surface area contributed by atoms with Gasteiger partial charge < -0.3 is 9.32 Å². The van der Waals surface area contributed by atoms with Gasteiger partial charge in [0.05, 0.1) is 4.90 Å². The van der Waals surface area contributed by atoms with Gasteiger partial charge in [0.15, 0.2) is 0 Å². The zero-order chi connectivity index (χ0) is 21.8. The highest BCUT2D eigenvalue weighted by molar-refractivity contribution is 7.89. The molecule has 164 valence electrons. The van der Waals surface area contributed by atoms with Gasteiger partial charge in [-0.15, -0.1) is 0 Å². The van der Waals surface area contributed by atoms with Crippen molar-refractivity contribution in [2.75, 3.05) is 32.7 Å². The molecular formula is C23H27N3O4S. The van der Waals surface area contributed by atoms with E-state index in [0.29, 0.717) is 11.0 Å². The molecule has 0 amide bonds. The van der Waals surface area contributed by atoms with Crippen molar-refractivity contribution in [1.82, 2.24) is 14.5 Å². The Labute approximate surface area is 182 Å². The molecule has 8 heteroatoms. The minimum Gasteiger partial charge on any atom is -0.423 e. The number of fused-ring (bicyclic) bond motifs is 1. The molecule has 1 aromatic heterocycles. The highest BCUT2D eigenvalue weighted by Gasteiger charge is 2.18. The molecule has 4 rings (SSSR count). The summed E-state index contributed by atoms with van der Waals surface area (Å²) in [5.74, 6) is 0. The fraction of sp³-hybridized carbons (Fsp3) is 0.348. The summed E-state index contributed by atoms with van der Waals surface area (Å²) in [5, 5.41) is 0.564. The summed E-state index contributed by atoms with van der Waals surface area (Å²) < 4.78 is 33.5. The van der Waals surface area contributed by atoms with E-state index in [0.717, 1.165) is 50.4 Å². The van der Waals surface area contributed by atoms with Crippen molar-refractivity contribution < 1.29 is 12.8 Å². The number of nitrogens with one attached hydrogen (secondary N) is 1. The van der Waals surface area contributed by atoms with Gasteiger partial charge in [-0.3, -0.25) is 4.90 Å². The first-order valence-electron chi connectivity index (χ1n) is 10.5. The van der Waals surface area contributed by atoms with Gasteiger partial charge in [0.2, 0.25) is 10.0 Å². The second-order valence-electron chi connectivity index (χ2n) is 7.76. The minimum atomic E-state index is -3.71. The largest absolute Gasteiger partial charge is 0.423 e. The number of benzene rings is 2. The minimum absolute atomic E-state index is 0.141. The first-order valence-corrected chi connectivity index (χ1v) is 12.0. The predicted molar refractivity (Wildman–Crippen MR) is 120 cm³/mol. The number of hydrogen-bond acceptors (Lipinski definition) is 6. The summed E-state index contributed by atoms with van der Waals surface area (Å²) in [6.45, 7) is 8.44. The van der Waals surface area contributed by atoms with E-state index in [1.165, 1.54) is 24.3 Å². The molecule has 1 saturated heterocycles. The van der Waals surface area contributed by atoms with E-state index in [1.807, 2.05) is 18.2 Å².